The van der Waals surface area contributed by atoms with Gasteiger partial charge in [0, 0.05) is 11.1 Å². The average Bonchev–Trinajstić information content (AvgIpc) is 2.39. The number of quaternary nitrogens is 1. The molecule has 0 unspecified atom stereocenters. The van der Waals surface area contributed by atoms with Gasteiger partial charge in [-0.25, -0.2) is 0 Å². The minimum Gasteiger partial charge on any atom is -0.502 e. The lowest BCUT2D eigenvalue weighted by Crippen LogP contribution is -2.36. The third-order valence-corrected chi connectivity index (χ3v) is 2.54. The Labute approximate surface area is 88.9 Å². The van der Waals surface area contributed by atoms with Crippen molar-refractivity contribution in [3.05, 3.63) is 41.1 Å². The minimum absolute atomic E-state index is 0.0735. The van der Waals surface area contributed by atoms with Crippen molar-refractivity contribution in [2.75, 3.05) is 21.1 Å². The fraction of sp³-hybridized carbons (Fsp3) is 0.250. The van der Waals surface area contributed by atoms with Crippen LogP contribution in [0.25, 0.3) is 5.76 Å². The standard InChI is InChI=1S/C12H13NO2/c1-13(2,3)10-11(14)8-6-4-5-7-9(8)12(10)15/h4-7H,1-3H3/p+1. The zero-order valence-corrected chi connectivity index (χ0v) is 9.11. The highest BCUT2D eigenvalue weighted by Crippen LogP contribution is 2.33. The molecule has 0 heterocycles. The van der Waals surface area contributed by atoms with E-state index in [9.17, 15) is 9.90 Å². The van der Waals surface area contributed by atoms with Crippen LogP contribution in [0.5, 0.6) is 0 Å². The van der Waals surface area contributed by atoms with E-state index in [-0.39, 0.29) is 11.5 Å². The van der Waals surface area contributed by atoms with Crippen LogP contribution < -0.4 is 0 Å². The molecule has 0 amide bonds. The Kier molecular flexibility index (Phi) is 1.94. The number of carbonyl (C=O) groups excluding carboxylic acids is 1. The first-order chi connectivity index (χ1) is 6.93. The Morgan fingerprint density at radius 3 is 2.07 bits per heavy atom. The number of ketones is 1. The number of aliphatic hydroxyl groups excluding tert-OH is 1. The molecule has 3 heteroatoms. The highest BCUT2D eigenvalue weighted by molar-refractivity contribution is 6.17. The van der Waals surface area contributed by atoms with E-state index >= 15 is 0 Å². The van der Waals surface area contributed by atoms with Crippen LogP contribution in [0, 0.1) is 0 Å². The van der Waals surface area contributed by atoms with E-state index in [0.29, 0.717) is 21.3 Å². The minimum atomic E-state index is -0.0735. The summed E-state index contributed by atoms with van der Waals surface area (Å²) >= 11 is 0. The molecule has 1 N–H and O–H groups in total. The van der Waals surface area contributed by atoms with Gasteiger partial charge in [0.15, 0.2) is 5.76 Å². The number of Topliss-reactive ketones (excluding diaryl/α,β-unsaturated/α-hetero) is 1. The van der Waals surface area contributed by atoms with Crippen LogP contribution >= 0.6 is 0 Å². The lowest BCUT2D eigenvalue weighted by atomic mass is 10.1. The molecule has 0 fully saturated rings. The van der Waals surface area contributed by atoms with Crippen LogP contribution in [0.3, 0.4) is 0 Å². The number of nitrogens with zero attached hydrogens (tertiary/aromatic N) is 1. The molecule has 15 heavy (non-hydrogen) atoms. The summed E-state index contributed by atoms with van der Waals surface area (Å²) < 4.78 is 0.333. The molecule has 0 bridgehead atoms. The maximum atomic E-state index is 12.0. The number of hydrogen-bond donors (Lipinski definition) is 1. The van der Waals surface area contributed by atoms with Gasteiger partial charge in [-0.05, 0) is 0 Å². The van der Waals surface area contributed by atoms with Gasteiger partial charge in [-0.15, -0.1) is 0 Å². The molecule has 0 radical (unpaired) electrons. The molecule has 0 saturated carbocycles. The van der Waals surface area contributed by atoms with Gasteiger partial charge in [-0.2, -0.15) is 0 Å². The van der Waals surface area contributed by atoms with Gasteiger partial charge in [0.1, 0.15) is 0 Å². The Balaban J connectivity index is 2.66. The van der Waals surface area contributed by atoms with Crippen LogP contribution in [0.4, 0.5) is 0 Å². The summed E-state index contributed by atoms with van der Waals surface area (Å²) in [4.78, 5) is 12.0. The van der Waals surface area contributed by atoms with Crippen LogP contribution in [0.15, 0.2) is 30.0 Å². The SMILES string of the molecule is C[N+](C)(C)C1=C(O)c2ccccc2C1=O. The molecule has 0 saturated heterocycles. The molecule has 0 spiro atoms. The van der Waals surface area contributed by atoms with Crippen molar-refractivity contribution >= 4 is 11.5 Å². The quantitative estimate of drug-likeness (QED) is 0.708. The largest absolute Gasteiger partial charge is 0.502 e. The van der Waals surface area contributed by atoms with Crippen LogP contribution in [-0.4, -0.2) is 36.5 Å². The maximum absolute atomic E-state index is 12.0. The number of carbonyl (C=O) groups is 1. The third kappa shape index (κ3) is 1.36. The van der Waals surface area contributed by atoms with Crippen molar-refractivity contribution in [1.82, 2.24) is 0 Å². The van der Waals surface area contributed by atoms with Crippen LogP contribution in [0.1, 0.15) is 15.9 Å². The fourth-order valence-corrected chi connectivity index (χ4v) is 1.87. The first-order valence-corrected chi connectivity index (χ1v) is 4.82. The molecule has 2 rings (SSSR count). The van der Waals surface area contributed by atoms with Gasteiger partial charge in [-0.3, -0.25) is 9.28 Å². The maximum Gasteiger partial charge on any atom is 0.250 e. The summed E-state index contributed by atoms with van der Waals surface area (Å²) in [7, 11) is 5.61. The molecule has 78 valence electrons. The van der Waals surface area contributed by atoms with E-state index in [1.165, 1.54) is 0 Å². The van der Waals surface area contributed by atoms with Gasteiger partial charge in [0.25, 0.3) is 5.78 Å². The van der Waals surface area contributed by atoms with Crippen LogP contribution in [-0.2, 0) is 0 Å². The first kappa shape index (κ1) is 9.93. The molecule has 1 aliphatic carbocycles. The molecule has 3 nitrogen and oxygen atoms in total. The van der Waals surface area contributed by atoms with E-state index in [0.717, 1.165) is 0 Å². The highest BCUT2D eigenvalue weighted by atomic mass is 16.3. The Morgan fingerprint density at radius 1 is 1.07 bits per heavy atom. The zero-order valence-electron chi connectivity index (χ0n) is 9.11. The van der Waals surface area contributed by atoms with E-state index in [2.05, 4.69) is 0 Å². The number of benzene rings is 1. The fourth-order valence-electron chi connectivity index (χ4n) is 1.87. The second kappa shape index (κ2) is 2.94. The Hall–Kier alpha value is -1.61. The summed E-state index contributed by atoms with van der Waals surface area (Å²) in [6, 6.07) is 7.14. The number of aliphatic hydroxyl groups is 1. The molecular weight excluding hydrogens is 190 g/mol. The smallest absolute Gasteiger partial charge is 0.250 e. The summed E-state index contributed by atoms with van der Waals surface area (Å²) in [5.41, 5.74) is 1.69. The monoisotopic (exact) mass is 204 g/mol. The van der Waals surface area contributed by atoms with E-state index < -0.39 is 0 Å². The summed E-state index contributed by atoms with van der Waals surface area (Å²) in [5, 5.41) is 9.99. The van der Waals surface area contributed by atoms with Gasteiger partial charge < -0.3 is 5.11 Å². The Morgan fingerprint density at radius 2 is 1.60 bits per heavy atom. The summed E-state index contributed by atoms with van der Waals surface area (Å²) in [6.45, 7) is 0. The van der Waals surface area contributed by atoms with Gasteiger partial charge >= 0.3 is 0 Å². The normalized spacial score (nSPS) is 15.8. The lowest BCUT2D eigenvalue weighted by Gasteiger charge is -2.23. The second-order valence-electron chi connectivity index (χ2n) is 4.58. The number of hydrogen-bond acceptors (Lipinski definition) is 2. The predicted octanol–water partition coefficient (Wildman–Crippen LogP) is 1.82. The van der Waals surface area contributed by atoms with Crippen LogP contribution in [0.2, 0.25) is 0 Å². The van der Waals surface area contributed by atoms with Crippen molar-refractivity contribution in [2.45, 2.75) is 0 Å². The molecule has 0 atom stereocenters. The van der Waals surface area contributed by atoms with Crippen molar-refractivity contribution in [3.63, 3.8) is 0 Å². The predicted molar refractivity (Wildman–Crippen MR) is 58.4 cm³/mol. The van der Waals surface area contributed by atoms with E-state index in [1.807, 2.05) is 33.3 Å². The highest BCUT2D eigenvalue weighted by Gasteiger charge is 2.38. The summed E-state index contributed by atoms with van der Waals surface area (Å²) in [5.74, 6) is 0.0405. The lowest BCUT2D eigenvalue weighted by molar-refractivity contribution is -0.825. The second-order valence-corrected chi connectivity index (χ2v) is 4.58. The topological polar surface area (TPSA) is 37.3 Å². The van der Waals surface area contributed by atoms with E-state index in [1.54, 1.807) is 12.1 Å². The molecule has 1 aromatic rings. The Bertz CT molecular complexity index is 467. The van der Waals surface area contributed by atoms with Gasteiger partial charge in [0.05, 0.1) is 21.1 Å². The molecule has 0 aromatic heterocycles. The van der Waals surface area contributed by atoms with Crippen molar-refractivity contribution < 1.29 is 14.4 Å². The van der Waals surface area contributed by atoms with Crippen molar-refractivity contribution in [1.29, 1.82) is 0 Å². The average molecular weight is 204 g/mol. The summed E-state index contributed by atoms with van der Waals surface area (Å²) in [6.07, 6.45) is 0. The van der Waals surface area contributed by atoms with Gasteiger partial charge in [0.2, 0.25) is 5.70 Å². The van der Waals surface area contributed by atoms with Crippen molar-refractivity contribution in [2.24, 2.45) is 0 Å². The van der Waals surface area contributed by atoms with Gasteiger partial charge in [-0.1, -0.05) is 24.3 Å². The number of fused-ring (bicyclic) bond motifs is 1. The molecule has 1 aromatic carbocycles. The number of rotatable bonds is 1. The molecular formula is C12H14NO2+. The van der Waals surface area contributed by atoms with Crippen molar-refractivity contribution in [3.8, 4) is 0 Å². The number of allylic oxidation sites excluding steroid dienone is 1. The number of likely N-dealkylation sites (N-methyl/N-ethyl adjacent to an activating group) is 1. The van der Waals surface area contributed by atoms with E-state index in [4.69, 9.17) is 0 Å². The zero-order chi connectivity index (χ0) is 11.2. The molecule has 1 aliphatic rings. The molecule has 0 aliphatic heterocycles. The third-order valence-electron chi connectivity index (χ3n) is 2.54. The first-order valence-electron chi connectivity index (χ1n) is 4.82.